The van der Waals surface area contributed by atoms with Crippen LogP contribution in [-0.4, -0.2) is 0 Å². The standard InChI is InChI=1S/C15H13BrN2/c1-11-7-13(5-6-15(11)16)10-18-14-4-2-3-12(8-14)9-17/h2-8,18H,10H2,1H3. The summed E-state index contributed by atoms with van der Waals surface area (Å²) in [6.07, 6.45) is 0. The van der Waals surface area contributed by atoms with Crippen LogP contribution in [-0.2, 0) is 6.54 Å². The van der Waals surface area contributed by atoms with Gasteiger partial charge in [-0.25, -0.2) is 0 Å². The molecule has 2 aromatic carbocycles. The van der Waals surface area contributed by atoms with E-state index >= 15 is 0 Å². The third kappa shape index (κ3) is 3.12. The van der Waals surface area contributed by atoms with Crippen LogP contribution in [0.25, 0.3) is 0 Å². The molecule has 0 heterocycles. The van der Waals surface area contributed by atoms with Crippen molar-refractivity contribution in [1.82, 2.24) is 0 Å². The van der Waals surface area contributed by atoms with Gasteiger partial charge in [-0.3, -0.25) is 0 Å². The molecule has 0 amide bonds. The van der Waals surface area contributed by atoms with Gasteiger partial charge in [0.2, 0.25) is 0 Å². The highest BCUT2D eigenvalue weighted by atomic mass is 79.9. The average Bonchev–Trinajstić information content (AvgIpc) is 2.40. The number of nitrogens with zero attached hydrogens (tertiary/aromatic N) is 1. The number of hydrogen-bond donors (Lipinski definition) is 1. The fourth-order valence-electron chi connectivity index (χ4n) is 1.72. The summed E-state index contributed by atoms with van der Waals surface area (Å²) in [4.78, 5) is 0. The summed E-state index contributed by atoms with van der Waals surface area (Å²) in [5.41, 5.74) is 4.08. The lowest BCUT2D eigenvalue weighted by Crippen LogP contribution is -1.99. The zero-order chi connectivity index (χ0) is 13.0. The van der Waals surface area contributed by atoms with E-state index in [-0.39, 0.29) is 0 Å². The monoisotopic (exact) mass is 300 g/mol. The lowest BCUT2D eigenvalue weighted by atomic mass is 10.1. The molecular weight excluding hydrogens is 288 g/mol. The second kappa shape index (κ2) is 5.70. The van der Waals surface area contributed by atoms with E-state index in [4.69, 9.17) is 5.26 Å². The first-order chi connectivity index (χ1) is 8.69. The van der Waals surface area contributed by atoms with Crippen LogP contribution in [0.5, 0.6) is 0 Å². The Hall–Kier alpha value is -1.79. The molecule has 0 aliphatic heterocycles. The normalized spacial score (nSPS) is 9.83. The summed E-state index contributed by atoms with van der Waals surface area (Å²) in [7, 11) is 0. The molecule has 0 aliphatic carbocycles. The molecule has 0 radical (unpaired) electrons. The van der Waals surface area contributed by atoms with Crippen LogP contribution in [0.4, 0.5) is 5.69 Å². The maximum atomic E-state index is 8.83. The largest absolute Gasteiger partial charge is 0.381 e. The van der Waals surface area contributed by atoms with Crippen molar-refractivity contribution in [3.05, 3.63) is 63.6 Å². The Morgan fingerprint density at radius 3 is 2.78 bits per heavy atom. The van der Waals surface area contributed by atoms with Gasteiger partial charge in [0.15, 0.2) is 0 Å². The Balaban J connectivity index is 2.07. The maximum Gasteiger partial charge on any atom is 0.0992 e. The molecule has 2 aromatic rings. The quantitative estimate of drug-likeness (QED) is 0.920. The second-order valence-corrected chi connectivity index (χ2v) is 4.98. The molecule has 0 fully saturated rings. The minimum atomic E-state index is 0.673. The van der Waals surface area contributed by atoms with E-state index in [9.17, 15) is 0 Å². The van der Waals surface area contributed by atoms with Gasteiger partial charge in [-0.2, -0.15) is 5.26 Å². The predicted molar refractivity (Wildman–Crippen MR) is 77.4 cm³/mol. The zero-order valence-corrected chi connectivity index (χ0v) is 11.7. The summed E-state index contributed by atoms with van der Waals surface area (Å²) in [6, 6.07) is 15.9. The molecule has 18 heavy (non-hydrogen) atoms. The first-order valence-corrected chi connectivity index (χ1v) is 6.47. The molecular formula is C15H13BrN2. The molecule has 1 N–H and O–H groups in total. The Morgan fingerprint density at radius 1 is 1.22 bits per heavy atom. The van der Waals surface area contributed by atoms with Crippen LogP contribution in [0.3, 0.4) is 0 Å². The van der Waals surface area contributed by atoms with Crippen molar-refractivity contribution in [2.75, 3.05) is 5.32 Å². The van der Waals surface area contributed by atoms with Crippen molar-refractivity contribution in [2.24, 2.45) is 0 Å². The van der Waals surface area contributed by atoms with Gasteiger partial charge in [-0.05, 0) is 42.3 Å². The fraction of sp³-hybridized carbons (Fsp3) is 0.133. The smallest absolute Gasteiger partial charge is 0.0992 e. The lowest BCUT2D eigenvalue weighted by molar-refractivity contribution is 1.14. The van der Waals surface area contributed by atoms with Crippen LogP contribution in [0.1, 0.15) is 16.7 Å². The molecule has 0 spiro atoms. The Labute approximate surface area is 115 Å². The molecule has 3 heteroatoms. The molecule has 0 atom stereocenters. The van der Waals surface area contributed by atoms with Gasteiger partial charge in [-0.15, -0.1) is 0 Å². The first kappa shape index (κ1) is 12.7. The number of aryl methyl sites for hydroxylation is 1. The number of benzene rings is 2. The lowest BCUT2D eigenvalue weighted by Gasteiger charge is -2.08. The van der Waals surface area contributed by atoms with Crippen molar-refractivity contribution in [1.29, 1.82) is 5.26 Å². The summed E-state index contributed by atoms with van der Waals surface area (Å²) in [6.45, 7) is 2.83. The van der Waals surface area contributed by atoms with E-state index in [1.807, 2.05) is 18.2 Å². The summed E-state index contributed by atoms with van der Waals surface area (Å²) >= 11 is 3.49. The minimum absolute atomic E-state index is 0.673. The topological polar surface area (TPSA) is 35.8 Å². The second-order valence-electron chi connectivity index (χ2n) is 4.13. The van der Waals surface area contributed by atoms with E-state index in [0.29, 0.717) is 5.56 Å². The van der Waals surface area contributed by atoms with Crippen LogP contribution >= 0.6 is 15.9 Å². The third-order valence-electron chi connectivity index (χ3n) is 2.71. The van der Waals surface area contributed by atoms with Crippen LogP contribution in [0.15, 0.2) is 46.9 Å². The van der Waals surface area contributed by atoms with Gasteiger partial charge in [0.1, 0.15) is 0 Å². The van der Waals surface area contributed by atoms with E-state index in [2.05, 4.69) is 52.4 Å². The SMILES string of the molecule is Cc1cc(CNc2cccc(C#N)c2)ccc1Br. The molecule has 0 saturated carbocycles. The number of rotatable bonds is 3. The van der Waals surface area contributed by atoms with Crippen LogP contribution < -0.4 is 5.32 Å². The number of nitrogens with one attached hydrogen (secondary N) is 1. The Bertz CT molecular complexity index is 600. The van der Waals surface area contributed by atoms with Crippen molar-refractivity contribution in [2.45, 2.75) is 13.5 Å². The van der Waals surface area contributed by atoms with Crippen LogP contribution in [0, 0.1) is 18.3 Å². The zero-order valence-electron chi connectivity index (χ0n) is 10.1. The number of halogens is 1. The van der Waals surface area contributed by atoms with Crippen molar-refractivity contribution >= 4 is 21.6 Å². The van der Waals surface area contributed by atoms with Crippen LogP contribution in [0.2, 0.25) is 0 Å². The van der Waals surface area contributed by atoms with Gasteiger partial charge >= 0.3 is 0 Å². The summed E-state index contributed by atoms with van der Waals surface area (Å²) < 4.78 is 1.12. The van der Waals surface area contributed by atoms with E-state index in [0.717, 1.165) is 16.7 Å². The summed E-state index contributed by atoms with van der Waals surface area (Å²) in [5, 5.41) is 12.1. The molecule has 0 aliphatic rings. The molecule has 0 aromatic heterocycles. The van der Waals surface area contributed by atoms with Crippen molar-refractivity contribution < 1.29 is 0 Å². The van der Waals surface area contributed by atoms with Gasteiger partial charge in [0.05, 0.1) is 11.6 Å². The minimum Gasteiger partial charge on any atom is -0.381 e. The Morgan fingerprint density at radius 2 is 2.06 bits per heavy atom. The Kier molecular flexibility index (Phi) is 4.01. The average molecular weight is 301 g/mol. The van der Waals surface area contributed by atoms with Crippen molar-refractivity contribution in [3.63, 3.8) is 0 Å². The molecule has 0 bridgehead atoms. The molecule has 90 valence electrons. The molecule has 0 saturated heterocycles. The highest BCUT2D eigenvalue weighted by Gasteiger charge is 1.98. The highest BCUT2D eigenvalue weighted by Crippen LogP contribution is 2.18. The third-order valence-corrected chi connectivity index (χ3v) is 3.60. The number of nitriles is 1. The number of hydrogen-bond acceptors (Lipinski definition) is 2. The predicted octanol–water partition coefficient (Wildman–Crippen LogP) is 4.24. The van der Waals surface area contributed by atoms with E-state index < -0.39 is 0 Å². The van der Waals surface area contributed by atoms with Gasteiger partial charge in [0.25, 0.3) is 0 Å². The van der Waals surface area contributed by atoms with Gasteiger partial charge < -0.3 is 5.32 Å². The highest BCUT2D eigenvalue weighted by molar-refractivity contribution is 9.10. The molecule has 2 rings (SSSR count). The van der Waals surface area contributed by atoms with Gasteiger partial charge in [0, 0.05) is 16.7 Å². The van der Waals surface area contributed by atoms with Crippen molar-refractivity contribution in [3.8, 4) is 6.07 Å². The first-order valence-electron chi connectivity index (χ1n) is 5.68. The summed E-state index contributed by atoms with van der Waals surface area (Å²) in [5.74, 6) is 0. The molecule has 0 unspecified atom stereocenters. The van der Waals surface area contributed by atoms with E-state index in [1.54, 1.807) is 6.07 Å². The van der Waals surface area contributed by atoms with Gasteiger partial charge in [-0.1, -0.05) is 34.1 Å². The maximum absolute atomic E-state index is 8.83. The van der Waals surface area contributed by atoms with E-state index in [1.165, 1.54) is 11.1 Å². The fourth-order valence-corrected chi connectivity index (χ4v) is 1.97. The molecule has 2 nitrogen and oxygen atoms in total. The number of anilines is 1.